The van der Waals surface area contributed by atoms with Gasteiger partial charge in [0.15, 0.2) is 0 Å². The maximum atomic E-state index is 5.88. The Balaban J connectivity index is 2.51. The van der Waals surface area contributed by atoms with E-state index >= 15 is 0 Å². The molecule has 0 amide bonds. The Morgan fingerprint density at radius 1 is 1.36 bits per heavy atom. The zero-order valence-corrected chi connectivity index (χ0v) is 9.30. The Morgan fingerprint density at radius 3 is 2.64 bits per heavy atom. The van der Waals surface area contributed by atoms with Crippen LogP contribution in [0.15, 0.2) is 18.2 Å². The van der Waals surface area contributed by atoms with Crippen LogP contribution in [0, 0.1) is 12.8 Å². The zero-order valence-electron chi connectivity index (χ0n) is 9.30. The van der Waals surface area contributed by atoms with Gasteiger partial charge in [0.05, 0.1) is 11.4 Å². The van der Waals surface area contributed by atoms with Gasteiger partial charge in [-0.15, -0.1) is 0 Å². The monoisotopic (exact) mass is 192 g/mol. The maximum Gasteiger partial charge on any atom is 0.0574 e. The highest BCUT2D eigenvalue weighted by Gasteiger charge is 1.98. The molecule has 0 unspecified atom stereocenters. The van der Waals surface area contributed by atoms with Gasteiger partial charge in [-0.05, 0) is 37.0 Å². The van der Waals surface area contributed by atoms with Crippen molar-refractivity contribution in [1.29, 1.82) is 0 Å². The molecule has 1 rings (SSSR count). The van der Waals surface area contributed by atoms with Crippen molar-refractivity contribution in [2.24, 2.45) is 5.92 Å². The molecule has 0 atom stereocenters. The minimum Gasteiger partial charge on any atom is -0.397 e. The molecule has 78 valence electrons. The summed E-state index contributed by atoms with van der Waals surface area (Å²) in [7, 11) is 0. The Hall–Kier alpha value is -1.18. The van der Waals surface area contributed by atoms with E-state index in [2.05, 4.69) is 25.2 Å². The second kappa shape index (κ2) is 4.89. The lowest BCUT2D eigenvalue weighted by molar-refractivity contribution is 0.607. The number of hydrogen-bond donors (Lipinski definition) is 2. The topological polar surface area (TPSA) is 38.0 Å². The van der Waals surface area contributed by atoms with Crippen LogP contribution >= 0.6 is 0 Å². The molecule has 14 heavy (non-hydrogen) atoms. The summed E-state index contributed by atoms with van der Waals surface area (Å²) in [5.74, 6) is 0.731. The van der Waals surface area contributed by atoms with Gasteiger partial charge in [-0.1, -0.05) is 19.9 Å². The lowest BCUT2D eigenvalue weighted by Crippen LogP contribution is -2.06. The van der Waals surface area contributed by atoms with E-state index in [1.807, 2.05) is 19.1 Å². The normalized spacial score (nSPS) is 10.6. The van der Waals surface area contributed by atoms with Gasteiger partial charge < -0.3 is 11.1 Å². The standard InChI is InChI=1S/C12H20N2/c1-9(2)6-7-14-12-5-4-10(3)8-11(12)13/h4-5,8-9,14H,6-7,13H2,1-3H3. The van der Waals surface area contributed by atoms with Gasteiger partial charge in [0, 0.05) is 6.54 Å². The molecule has 2 heteroatoms. The minimum atomic E-state index is 0.731. The Bertz CT molecular complexity index is 292. The zero-order chi connectivity index (χ0) is 10.6. The quantitative estimate of drug-likeness (QED) is 0.720. The van der Waals surface area contributed by atoms with Crippen molar-refractivity contribution in [3.05, 3.63) is 23.8 Å². The average Bonchev–Trinajstić information content (AvgIpc) is 2.08. The SMILES string of the molecule is Cc1ccc(NCCC(C)C)c(N)c1. The first-order valence-electron chi connectivity index (χ1n) is 5.19. The Morgan fingerprint density at radius 2 is 2.07 bits per heavy atom. The molecule has 0 bridgehead atoms. The third kappa shape index (κ3) is 3.29. The number of nitrogens with two attached hydrogens (primary N) is 1. The van der Waals surface area contributed by atoms with Crippen molar-refractivity contribution in [3.63, 3.8) is 0 Å². The van der Waals surface area contributed by atoms with Crippen LogP contribution in [0.2, 0.25) is 0 Å². The average molecular weight is 192 g/mol. The van der Waals surface area contributed by atoms with Crippen LogP contribution in [0.5, 0.6) is 0 Å². The van der Waals surface area contributed by atoms with Crippen molar-refractivity contribution in [2.75, 3.05) is 17.6 Å². The van der Waals surface area contributed by atoms with Gasteiger partial charge in [-0.3, -0.25) is 0 Å². The number of nitrogens with one attached hydrogen (secondary N) is 1. The van der Waals surface area contributed by atoms with Crippen LogP contribution in [0.1, 0.15) is 25.8 Å². The molecule has 0 fully saturated rings. The molecule has 0 aromatic heterocycles. The number of benzene rings is 1. The molecule has 0 radical (unpaired) electrons. The van der Waals surface area contributed by atoms with E-state index in [1.54, 1.807) is 0 Å². The van der Waals surface area contributed by atoms with E-state index in [0.717, 1.165) is 23.8 Å². The summed E-state index contributed by atoms with van der Waals surface area (Å²) in [5, 5.41) is 3.35. The van der Waals surface area contributed by atoms with Crippen molar-refractivity contribution >= 4 is 11.4 Å². The molecule has 3 N–H and O–H groups in total. The lowest BCUT2D eigenvalue weighted by atomic mass is 10.1. The van der Waals surface area contributed by atoms with Crippen LogP contribution in [0.25, 0.3) is 0 Å². The van der Waals surface area contributed by atoms with Gasteiger partial charge >= 0.3 is 0 Å². The smallest absolute Gasteiger partial charge is 0.0574 e. The first-order valence-corrected chi connectivity index (χ1v) is 5.19. The first-order chi connectivity index (χ1) is 6.59. The van der Waals surface area contributed by atoms with Crippen molar-refractivity contribution < 1.29 is 0 Å². The van der Waals surface area contributed by atoms with Gasteiger partial charge in [0.2, 0.25) is 0 Å². The van der Waals surface area contributed by atoms with Crippen molar-refractivity contribution in [3.8, 4) is 0 Å². The first kappa shape index (κ1) is 10.9. The third-order valence-electron chi connectivity index (χ3n) is 2.24. The van der Waals surface area contributed by atoms with E-state index in [1.165, 1.54) is 12.0 Å². The number of rotatable bonds is 4. The summed E-state index contributed by atoms with van der Waals surface area (Å²) >= 11 is 0. The van der Waals surface area contributed by atoms with Crippen LogP contribution in [-0.4, -0.2) is 6.54 Å². The highest BCUT2D eigenvalue weighted by Crippen LogP contribution is 2.19. The summed E-state index contributed by atoms with van der Waals surface area (Å²) < 4.78 is 0. The minimum absolute atomic E-state index is 0.731. The summed E-state index contributed by atoms with van der Waals surface area (Å²) in [6.07, 6.45) is 1.17. The molecule has 1 aromatic rings. The fraction of sp³-hybridized carbons (Fsp3) is 0.500. The second-order valence-corrected chi connectivity index (χ2v) is 4.20. The molecule has 2 nitrogen and oxygen atoms in total. The van der Waals surface area contributed by atoms with Crippen molar-refractivity contribution in [2.45, 2.75) is 27.2 Å². The van der Waals surface area contributed by atoms with Crippen LogP contribution in [0.3, 0.4) is 0 Å². The summed E-state index contributed by atoms with van der Waals surface area (Å²) in [5.41, 5.74) is 8.97. The molecular formula is C12H20N2. The number of hydrogen-bond acceptors (Lipinski definition) is 2. The molecule has 0 heterocycles. The molecule has 0 aliphatic heterocycles. The highest BCUT2D eigenvalue weighted by molar-refractivity contribution is 5.66. The van der Waals surface area contributed by atoms with E-state index < -0.39 is 0 Å². The summed E-state index contributed by atoms with van der Waals surface area (Å²) in [6.45, 7) is 7.49. The molecule has 0 saturated carbocycles. The van der Waals surface area contributed by atoms with E-state index in [9.17, 15) is 0 Å². The van der Waals surface area contributed by atoms with Gasteiger partial charge in [0.25, 0.3) is 0 Å². The van der Waals surface area contributed by atoms with Crippen LogP contribution in [-0.2, 0) is 0 Å². The fourth-order valence-corrected chi connectivity index (χ4v) is 1.34. The molecule has 0 spiro atoms. The molecular weight excluding hydrogens is 172 g/mol. The van der Waals surface area contributed by atoms with E-state index in [0.29, 0.717) is 0 Å². The Kier molecular flexibility index (Phi) is 3.81. The predicted octanol–water partition coefficient (Wildman–Crippen LogP) is 3.04. The van der Waals surface area contributed by atoms with Gasteiger partial charge in [-0.25, -0.2) is 0 Å². The number of anilines is 2. The van der Waals surface area contributed by atoms with Crippen molar-refractivity contribution in [1.82, 2.24) is 0 Å². The van der Waals surface area contributed by atoms with Crippen LogP contribution < -0.4 is 11.1 Å². The molecule has 0 aliphatic carbocycles. The lowest BCUT2D eigenvalue weighted by Gasteiger charge is -2.11. The summed E-state index contributed by atoms with van der Waals surface area (Å²) in [6, 6.07) is 6.12. The number of aryl methyl sites for hydroxylation is 1. The molecule has 0 aliphatic rings. The van der Waals surface area contributed by atoms with E-state index in [4.69, 9.17) is 5.73 Å². The fourth-order valence-electron chi connectivity index (χ4n) is 1.34. The largest absolute Gasteiger partial charge is 0.397 e. The van der Waals surface area contributed by atoms with Crippen LogP contribution in [0.4, 0.5) is 11.4 Å². The van der Waals surface area contributed by atoms with E-state index in [-0.39, 0.29) is 0 Å². The highest BCUT2D eigenvalue weighted by atomic mass is 14.9. The maximum absolute atomic E-state index is 5.88. The second-order valence-electron chi connectivity index (χ2n) is 4.20. The number of nitrogen functional groups attached to an aromatic ring is 1. The molecule has 1 aromatic carbocycles. The predicted molar refractivity (Wildman–Crippen MR) is 63.5 cm³/mol. The Labute approximate surface area is 86.5 Å². The molecule has 0 saturated heterocycles. The third-order valence-corrected chi connectivity index (χ3v) is 2.24. The van der Waals surface area contributed by atoms with Gasteiger partial charge in [-0.2, -0.15) is 0 Å². The van der Waals surface area contributed by atoms with Gasteiger partial charge in [0.1, 0.15) is 0 Å². The summed E-state index contributed by atoms with van der Waals surface area (Å²) in [4.78, 5) is 0.